The minimum atomic E-state index is 0.827. The number of nitrogens with zero attached hydrogens (tertiary/aromatic N) is 1. The Balaban J connectivity index is 1.37. The van der Waals surface area contributed by atoms with Crippen molar-refractivity contribution in [2.75, 3.05) is 0 Å². The summed E-state index contributed by atoms with van der Waals surface area (Å²) in [5.41, 5.74) is 8.89. The van der Waals surface area contributed by atoms with Crippen molar-refractivity contribution in [1.82, 2.24) is 4.98 Å². The highest BCUT2D eigenvalue weighted by Crippen LogP contribution is 2.47. The van der Waals surface area contributed by atoms with Crippen LogP contribution >= 0.6 is 0 Å². The average Bonchev–Trinajstić information content (AvgIpc) is 3.60. The zero-order chi connectivity index (χ0) is 26.2. The number of hydrogen-bond acceptors (Lipinski definition) is 3. The molecule has 3 heteroatoms. The SMILES string of the molecule is c1ccc2c3c(-c4ccc(-c5cccc6c5oc5ccccc56)c5ccccc45)oc4ccccc4c-3nc2c1. The van der Waals surface area contributed by atoms with Gasteiger partial charge in [0.2, 0.25) is 0 Å². The van der Waals surface area contributed by atoms with E-state index < -0.39 is 0 Å². The van der Waals surface area contributed by atoms with Gasteiger partial charge in [0.05, 0.1) is 16.8 Å². The minimum Gasteiger partial charge on any atom is -0.455 e. The van der Waals surface area contributed by atoms with E-state index in [4.69, 9.17) is 13.8 Å². The molecule has 0 fully saturated rings. The molecule has 0 bridgehead atoms. The van der Waals surface area contributed by atoms with Crippen molar-refractivity contribution in [3.8, 4) is 33.7 Å². The summed E-state index contributed by atoms with van der Waals surface area (Å²) in [5, 5.41) is 6.65. The quantitative estimate of drug-likeness (QED) is 0.232. The molecule has 40 heavy (non-hydrogen) atoms. The molecule has 6 aromatic carbocycles. The molecule has 3 heterocycles. The van der Waals surface area contributed by atoms with E-state index in [0.29, 0.717) is 0 Å². The smallest absolute Gasteiger partial charge is 0.145 e. The Morgan fingerprint density at radius 2 is 1.00 bits per heavy atom. The van der Waals surface area contributed by atoms with Gasteiger partial charge in [-0.2, -0.15) is 0 Å². The Bertz CT molecular complexity index is 2390. The van der Waals surface area contributed by atoms with Gasteiger partial charge in [-0.15, -0.1) is 0 Å². The van der Waals surface area contributed by atoms with Crippen LogP contribution < -0.4 is 0 Å². The van der Waals surface area contributed by atoms with Crippen molar-refractivity contribution in [3.05, 3.63) is 127 Å². The van der Waals surface area contributed by atoms with Gasteiger partial charge >= 0.3 is 0 Å². The van der Waals surface area contributed by atoms with E-state index in [1.807, 2.05) is 36.4 Å². The van der Waals surface area contributed by atoms with Crippen LogP contribution in [0.5, 0.6) is 0 Å². The first-order valence-corrected chi connectivity index (χ1v) is 13.5. The van der Waals surface area contributed by atoms with Gasteiger partial charge in [-0.25, -0.2) is 4.98 Å². The molecule has 1 aromatic heterocycles. The largest absolute Gasteiger partial charge is 0.455 e. The number of fused-ring (bicyclic) bond motifs is 9. The van der Waals surface area contributed by atoms with E-state index in [1.165, 1.54) is 0 Å². The maximum absolute atomic E-state index is 6.73. The topological polar surface area (TPSA) is 39.2 Å². The number of hydrogen-bond donors (Lipinski definition) is 0. The number of aromatic nitrogens is 1. The van der Waals surface area contributed by atoms with Gasteiger partial charge in [0.25, 0.3) is 0 Å². The van der Waals surface area contributed by atoms with Crippen molar-refractivity contribution in [3.63, 3.8) is 0 Å². The first-order valence-electron chi connectivity index (χ1n) is 13.5. The minimum absolute atomic E-state index is 0.827. The van der Waals surface area contributed by atoms with Crippen LogP contribution in [-0.2, 0) is 0 Å². The molecule has 0 N–H and O–H groups in total. The lowest BCUT2D eigenvalue weighted by molar-refractivity contribution is 0.622. The Morgan fingerprint density at radius 1 is 0.400 bits per heavy atom. The van der Waals surface area contributed by atoms with Crippen LogP contribution in [-0.4, -0.2) is 4.98 Å². The molecule has 0 radical (unpaired) electrons. The molecule has 0 amide bonds. The van der Waals surface area contributed by atoms with Crippen LogP contribution in [0.2, 0.25) is 0 Å². The Hall–Kier alpha value is -5.41. The van der Waals surface area contributed by atoms with E-state index in [1.54, 1.807) is 0 Å². The van der Waals surface area contributed by atoms with Crippen molar-refractivity contribution >= 4 is 54.6 Å². The van der Waals surface area contributed by atoms with Gasteiger partial charge in [0.1, 0.15) is 22.5 Å². The second-order valence-electron chi connectivity index (χ2n) is 10.3. The second kappa shape index (κ2) is 8.05. The van der Waals surface area contributed by atoms with Crippen LogP contribution in [0.25, 0.3) is 88.3 Å². The molecule has 0 aliphatic carbocycles. The van der Waals surface area contributed by atoms with Crippen LogP contribution in [0.1, 0.15) is 0 Å². The predicted octanol–water partition coefficient (Wildman–Crippen LogP) is 10.5. The number of rotatable bonds is 2. The molecular weight excluding hydrogens is 490 g/mol. The molecule has 0 unspecified atom stereocenters. The van der Waals surface area contributed by atoms with E-state index >= 15 is 0 Å². The lowest BCUT2D eigenvalue weighted by Gasteiger charge is -2.15. The fraction of sp³-hybridized carbons (Fsp3) is 0. The monoisotopic (exact) mass is 511 g/mol. The van der Waals surface area contributed by atoms with Gasteiger partial charge in [0.15, 0.2) is 0 Å². The summed E-state index contributed by atoms with van der Waals surface area (Å²) in [6, 6.07) is 44.1. The molecule has 7 aromatic rings. The van der Waals surface area contributed by atoms with E-state index in [2.05, 4.69) is 91.0 Å². The Kier molecular flexibility index (Phi) is 4.33. The average molecular weight is 512 g/mol. The summed E-state index contributed by atoms with van der Waals surface area (Å²) in [5.74, 6) is 0.840. The number of furan rings is 1. The molecule has 2 aliphatic rings. The van der Waals surface area contributed by atoms with Gasteiger partial charge in [-0.1, -0.05) is 97.1 Å². The van der Waals surface area contributed by atoms with Crippen LogP contribution in [0, 0.1) is 0 Å². The third-order valence-corrected chi connectivity index (χ3v) is 8.09. The summed E-state index contributed by atoms with van der Waals surface area (Å²) >= 11 is 0. The molecule has 0 saturated carbocycles. The highest BCUT2D eigenvalue weighted by atomic mass is 16.3. The molecular formula is C37H21NO2. The van der Waals surface area contributed by atoms with Crippen LogP contribution in [0.4, 0.5) is 0 Å². The third-order valence-electron chi connectivity index (χ3n) is 8.09. The molecule has 3 nitrogen and oxygen atoms in total. The summed E-state index contributed by atoms with van der Waals surface area (Å²) < 4.78 is 13.2. The normalized spacial score (nSPS) is 12.0. The van der Waals surface area contributed by atoms with Gasteiger partial charge < -0.3 is 8.83 Å². The fourth-order valence-electron chi connectivity index (χ4n) is 6.30. The van der Waals surface area contributed by atoms with E-state index in [-0.39, 0.29) is 0 Å². The second-order valence-corrected chi connectivity index (χ2v) is 10.3. The van der Waals surface area contributed by atoms with Crippen molar-refractivity contribution in [1.29, 1.82) is 0 Å². The first-order chi connectivity index (χ1) is 19.8. The predicted molar refractivity (Wildman–Crippen MR) is 164 cm³/mol. The fourth-order valence-corrected chi connectivity index (χ4v) is 6.30. The van der Waals surface area contributed by atoms with Gasteiger partial charge in [-0.05, 0) is 46.7 Å². The standard InChI is InChI=1S/C37H21NO2/c1-2-11-23-22(10-1)24(26-15-9-16-27-25-12-4-7-18-32(25)39-36(26)27)20-21-28(23)37-34-29-13-3-6-17-31(29)38-35(34)30-14-5-8-19-33(30)40-37/h1-21H. The van der Waals surface area contributed by atoms with Gasteiger partial charge in [-0.3, -0.25) is 0 Å². The Morgan fingerprint density at radius 3 is 1.82 bits per heavy atom. The highest BCUT2D eigenvalue weighted by Gasteiger charge is 2.24. The first kappa shape index (κ1) is 21.5. The van der Waals surface area contributed by atoms with E-state index in [9.17, 15) is 0 Å². The summed E-state index contributed by atoms with van der Waals surface area (Å²) in [6.45, 7) is 0. The molecule has 0 atom stereocenters. The van der Waals surface area contributed by atoms with Crippen LogP contribution in [0.15, 0.2) is 136 Å². The third kappa shape index (κ3) is 2.92. The molecule has 186 valence electrons. The van der Waals surface area contributed by atoms with Crippen molar-refractivity contribution in [2.45, 2.75) is 0 Å². The molecule has 0 spiro atoms. The maximum atomic E-state index is 6.73. The molecule has 2 aliphatic heterocycles. The molecule has 0 saturated heterocycles. The highest BCUT2D eigenvalue weighted by molar-refractivity contribution is 6.16. The number of para-hydroxylation sites is 4. The zero-order valence-electron chi connectivity index (χ0n) is 21.4. The zero-order valence-corrected chi connectivity index (χ0v) is 21.4. The summed E-state index contributed by atoms with van der Waals surface area (Å²) in [4.78, 5) is 5.06. The lowest BCUT2D eigenvalue weighted by Crippen LogP contribution is -1.91. The number of benzene rings is 6. The summed E-state index contributed by atoms with van der Waals surface area (Å²) in [7, 11) is 0. The van der Waals surface area contributed by atoms with E-state index in [0.717, 1.165) is 88.3 Å². The lowest BCUT2D eigenvalue weighted by atomic mass is 9.91. The maximum Gasteiger partial charge on any atom is 0.145 e. The Labute approximate surface area is 229 Å². The van der Waals surface area contributed by atoms with Crippen LogP contribution in [0.3, 0.4) is 0 Å². The van der Waals surface area contributed by atoms with Gasteiger partial charge in [0, 0.05) is 32.7 Å². The van der Waals surface area contributed by atoms with Crippen molar-refractivity contribution < 1.29 is 8.83 Å². The molecule has 9 rings (SSSR count). The van der Waals surface area contributed by atoms with Crippen molar-refractivity contribution in [2.24, 2.45) is 0 Å². The summed E-state index contributed by atoms with van der Waals surface area (Å²) in [6.07, 6.45) is 0.